The van der Waals surface area contributed by atoms with Crippen LogP contribution in [0.3, 0.4) is 0 Å². The lowest BCUT2D eigenvalue weighted by molar-refractivity contribution is -0.137. The summed E-state index contributed by atoms with van der Waals surface area (Å²) in [5.74, 6) is -1.12. The fourth-order valence-corrected chi connectivity index (χ4v) is 6.15. The van der Waals surface area contributed by atoms with Crippen LogP contribution in [0.4, 0.5) is 10.1 Å². The van der Waals surface area contributed by atoms with E-state index in [2.05, 4.69) is 17.6 Å². The summed E-state index contributed by atoms with van der Waals surface area (Å²) in [6.07, 6.45) is 7.48. The minimum absolute atomic E-state index is 0. The van der Waals surface area contributed by atoms with E-state index >= 15 is 0 Å². The Kier molecular flexibility index (Phi) is 23.2. The zero-order chi connectivity index (χ0) is 39.4. The average Bonchev–Trinajstić information content (AvgIpc) is 3.12. The predicted octanol–water partition coefficient (Wildman–Crippen LogP) is 12.0. The third-order valence-electron chi connectivity index (χ3n) is 8.62. The molecule has 10 heteroatoms. The molecule has 3 aromatic carbocycles. The second-order valence-electron chi connectivity index (χ2n) is 12.3. The lowest BCUT2D eigenvalue weighted by atomic mass is 9.88. The SMILES string of the molecule is C.CC.CCC(CC)(Oc1ccc(Cl)cc1C(CC(C)=N)CC(=O)Nc1cc(Cl)ccc1C(C)c1cc(F)ccc1C)C(=O)NC.CCC/C=C/C=O. The molecule has 2 unspecified atom stereocenters. The van der Waals surface area contributed by atoms with Crippen molar-refractivity contribution < 1.29 is 23.5 Å². The quantitative estimate of drug-likeness (QED) is 0.0765. The molecule has 0 fully saturated rings. The minimum atomic E-state index is -1.11. The summed E-state index contributed by atoms with van der Waals surface area (Å²) in [6, 6.07) is 15.1. The number of carbonyl (C=O) groups is 3. The molecular weight excluding hydrogens is 712 g/mol. The number of hydrogen-bond acceptors (Lipinski definition) is 5. The maximum Gasteiger partial charge on any atom is 0.263 e. The van der Waals surface area contributed by atoms with E-state index in [4.69, 9.17) is 33.3 Å². The predicted molar refractivity (Wildman–Crippen MR) is 222 cm³/mol. The van der Waals surface area contributed by atoms with Gasteiger partial charge in [-0.2, -0.15) is 0 Å². The number of hydrogen-bond donors (Lipinski definition) is 3. The molecule has 0 aromatic heterocycles. The number of amides is 2. The maximum atomic E-state index is 14.1. The number of rotatable bonds is 16. The number of benzene rings is 3. The summed E-state index contributed by atoms with van der Waals surface area (Å²) >= 11 is 12.8. The summed E-state index contributed by atoms with van der Waals surface area (Å²) in [5, 5.41) is 14.9. The van der Waals surface area contributed by atoms with Gasteiger partial charge in [-0.3, -0.25) is 14.4 Å². The van der Waals surface area contributed by atoms with Gasteiger partial charge in [-0.25, -0.2) is 4.39 Å². The molecule has 0 heterocycles. The second-order valence-corrected chi connectivity index (χ2v) is 13.2. The van der Waals surface area contributed by atoms with Gasteiger partial charge in [0.2, 0.25) is 5.91 Å². The van der Waals surface area contributed by atoms with Crippen molar-refractivity contribution in [2.75, 3.05) is 12.4 Å². The molecular formula is C43H60Cl2FN3O4. The van der Waals surface area contributed by atoms with E-state index in [1.165, 1.54) is 18.2 Å². The molecule has 0 saturated heterocycles. The first-order chi connectivity index (χ1) is 24.7. The van der Waals surface area contributed by atoms with Crippen LogP contribution < -0.4 is 15.4 Å². The zero-order valence-electron chi connectivity index (χ0n) is 32.1. The second kappa shape index (κ2) is 25.1. The molecule has 0 aliphatic carbocycles. The Morgan fingerprint density at radius 3 is 2.13 bits per heavy atom. The Labute approximate surface area is 327 Å². The zero-order valence-corrected chi connectivity index (χ0v) is 33.6. The first-order valence-corrected chi connectivity index (χ1v) is 18.7. The van der Waals surface area contributed by atoms with Gasteiger partial charge in [-0.1, -0.05) is 96.8 Å². The summed E-state index contributed by atoms with van der Waals surface area (Å²) in [7, 11) is 1.57. The highest BCUT2D eigenvalue weighted by molar-refractivity contribution is 6.31. The highest BCUT2D eigenvalue weighted by Crippen LogP contribution is 2.39. The van der Waals surface area contributed by atoms with Crippen molar-refractivity contribution in [2.45, 2.75) is 119 Å². The molecule has 292 valence electrons. The van der Waals surface area contributed by atoms with Crippen molar-refractivity contribution in [2.24, 2.45) is 0 Å². The van der Waals surface area contributed by atoms with Gasteiger partial charge in [0.05, 0.1) is 0 Å². The van der Waals surface area contributed by atoms with E-state index in [1.54, 1.807) is 50.4 Å². The van der Waals surface area contributed by atoms with Gasteiger partial charge in [0, 0.05) is 46.7 Å². The number of unbranched alkanes of at least 4 members (excludes halogenated alkanes) is 1. The number of aldehydes is 1. The van der Waals surface area contributed by atoms with E-state index in [0.717, 1.165) is 35.8 Å². The van der Waals surface area contributed by atoms with Crippen molar-refractivity contribution in [3.63, 3.8) is 0 Å². The number of allylic oxidation sites excluding steroid dienone is 2. The summed E-state index contributed by atoms with van der Waals surface area (Å²) in [4.78, 5) is 36.1. The van der Waals surface area contributed by atoms with Crippen LogP contribution >= 0.6 is 23.2 Å². The number of ether oxygens (including phenoxy) is 1. The third-order valence-corrected chi connectivity index (χ3v) is 9.09. The minimum Gasteiger partial charge on any atom is -0.477 e. The highest BCUT2D eigenvalue weighted by atomic mass is 35.5. The van der Waals surface area contributed by atoms with Gasteiger partial charge in [-0.05, 0) is 110 Å². The molecule has 3 rings (SSSR count). The Bertz CT molecular complexity index is 1660. The molecule has 0 aliphatic heterocycles. The van der Waals surface area contributed by atoms with E-state index in [9.17, 15) is 18.8 Å². The molecule has 53 heavy (non-hydrogen) atoms. The third kappa shape index (κ3) is 15.1. The number of anilines is 1. The van der Waals surface area contributed by atoms with E-state index < -0.39 is 11.5 Å². The van der Waals surface area contributed by atoms with Gasteiger partial charge in [0.15, 0.2) is 5.60 Å². The number of halogens is 3. The Balaban J connectivity index is 0.00000242. The van der Waals surface area contributed by atoms with Crippen molar-refractivity contribution in [3.05, 3.63) is 105 Å². The Hall–Kier alpha value is -4.01. The smallest absolute Gasteiger partial charge is 0.263 e. The van der Waals surface area contributed by atoms with Crippen LogP contribution in [0.1, 0.15) is 129 Å². The number of likely N-dealkylation sites (N-methyl/N-ethyl adjacent to an activating group) is 1. The molecule has 2 atom stereocenters. The molecule has 0 bridgehead atoms. The van der Waals surface area contributed by atoms with Crippen LogP contribution in [0.15, 0.2) is 66.7 Å². The van der Waals surface area contributed by atoms with Crippen molar-refractivity contribution >= 4 is 52.7 Å². The van der Waals surface area contributed by atoms with E-state index in [1.807, 2.05) is 53.7 Å². The first kappa shape index (κ1) is 49.0. The topological polar surface area (TPSA) is 108 Å². The summed E-state index contributed by atoms with van der Waals surface area (Å²) in [6.45, 7) is 15.4. The standard InChI is InChI=1S/C34H40Cl2FN3O3.C6H10O.C2H6.CH4/c1-7-34(8-2,33(42)39-6)43-31-14-11-24(35)17-29(31)23(15-21(4)38)16-32(41)40-30-18-25(36)10-13-27(30)22(5)28-19-26(37)12-9-20(28)3;1-2-3-4-5-6-7;1-2;/h9-14,17-19,22-23,38H,7-8,15-16H2,1-6H3,(H,39,42)(H,40,41);4-6H,2-3H2,1H3;1-2H3;1H4/b;5-4+;;. The van der Waals surface area contributed by atoms with Gasteiger partial charge in [0.25, 0.3) is 5.91 Å². The van der Waals surface area contributed by atoms with Crippen LogP contribution in [-0.4, -0.2) is 36.5 Å². The monoisotopic (exact) mass is 771 g/mol. The fraction of sp³-hybridized carbons (Fsp3) is 0.442. The largest absolute Gasteiger partial charge is 0.477 e. The molecule has 3 aromatic rings. The van der Waals surface area contributed by atoms with Crippen molar-refractivity contribution in [3.8, 4) is 5.75 Å². The average molecular weight is 773 g/mol. The normalized spacial score (nSPS) is 11.8. The van der Waals surface area contributed by atoms with Gasteiger partial charge >= 0.3 is 0 Å². The van der Waals surface area contributed by atoms with Crippen molar-refractivity contribution in [1.82, 2.24) is 5.32 Å². The Morgan fingerprint density at radius 1 is 0.943 bits per heavy atom. The molecule has 0 radical (unpaired) electrons. The molecule has 3 N–H and O–H groups in total. The lowest BCUT2D eigenvalue weighted by Crippen LogP contribution is -2.49. The van der Waals surface area contributed by atoms with Gasteiger partial charge < -0.3 is 20.8 Å². The fourth-order valence-electron chi connectivity index (χ4n) is 5.80. The molecule has 0 aliphatic rings. The molecule has 0 spiro atoms. The van der Waals surface area contributed by atoms with Crippen LogP contribution in [0.5, 0.6) is 5.75 Å². The van der Waals surface area contributed by atoms with Crippen LogP contribution in [0, 0.1) is 18.2 Å². The van der Waals surface area contributed by atoms with Crippen LogP contribution in [0.25, 0.3) is 0 Å². The van der Waals surface area contributed by atoms with E-state index in [-0.39, 0.29) is 43.8 Å². The van der Waals surface area contributed by atoms with E-state index in [0.29, 0.717) is 45.6 Å². The van der Waals surface area contributed by atoms with Gasteiger partial charge in [0.1, 0.15) is 17.9 Å². The summed E-state index contributed by atoms with van der Waals surface area (Å²) in [5.41, 5.74) is 2.97. The molecule has 0 saturated carbocycles. The molecule has 2 amide bonds. The summed E-state index contributed by atoms with van der Waals surface area (Å²) < 4.78 is 20.5. The van der Waals surface area contributed by atoms with Crippen molar-refractivity contribution in [1.29, 1.82) is 5.41 Å². The Morgan fingerprint density at radius 2 is 1.57 bits per heavy atom. The number of aryl methyl sites for hydroxylation is 1. The first-order valence-electron chi connectivity index (χ1n) is 18.0. The van der Waals surface area contributed by atoms with Crippen LogP contribution in [-0.2, 0) is 14.4 Å². The number of nitrogens with one attached hydrogen (secondary N) is 3. The lowest BCUT2D eigenvalue weighted by Gasteiger charge is -2.32. The number of carbonyl (C=O) groups excluding carboxylic acids is 3. The maximum absolute atomic E-state index is 14.1. The highest BCUT2D eigenvalue weighted by Gasteiger charge is 2.38. The molecule has 7 nitrogen and oxygen atoms in total. The van der Waals surface area contributed by atoms with Gasteiger partial charge in [-0.15, -0.1) is 0 Å². The van der Waals surface area contributed by atoms with Crippen LogP contribution in [0.2, 0.25) is 10.0 Å².